The topological polar surface area (TPSA) is 20.3 Å². The molecule has 1 heterocycles. The fourth-order valence-corrected chi connectivity index (χ4v) is 1.20. The predicted molar refractivity (Wildman–Crippen MR) is 35.2 cm³/mol. The third kappa shape index (κ3) is 0.937. The van der Waals surface area contributed by atoms with Gasteiger partial charge in [-0.1, -0.05) is 0 Å². The minimum Gasteiger partial charge on any atom is -0.302 e. The van der Waals surface area contributed by atoms with Gasteiger partial charge in [-0.2, -0.15) is 0 Å². The van der Waals surface area contributed by atoms with Gasteiger partial charge in [-0.15, -0.1) is 0 Å². The maximum atomic E-state index is 9.95. The first-order chi connectivity index (χ1) is 3.34. The summed E-state index contributed by atoms with van der Waals surface area (Å²) in [5.74, 6) is 0. The molecule has 2 nitrogen and oxygen atoms in total. The monoisotopic (exact) mass is 211 g/mol. The number of hydrogen-bond acceptors (Lipinski definition) is 2. The highest BCUT2D eigenvalue weighted by molar-refractivity contribution is 14.1. The lowest BCUT2D eigenvalue weighted by Gasteiger charge is -2.30. The normalized spacial score (nSPS) is 31.9. The van der Waals surface area contributed by atoms with E-state index < -0.39 is 0 Å². The first kappa shape index (κ1) is 5.50. The van der Waals surface area contributed by atoms with Gasteiger partial charge >= 0.3 is 0 Å². The summed E-state index contributed by atoms with van der Waals surface area (Å²) in [6.45, 7) is 1.07. The number of carbonyl (C=O) groups is 1. The smallest absolute Gasteiger partial charge is 0.137 e. The minimum atomic E-state index is 0.223. The summed E-state index contributed by atoms with van der Waals surface area (Å²) in [6, 6.07) is 0.223. The van der Waals surface area contributed by atoms with Crippen LogP contribution in [0, 0.1) is 0 Å². The molecule has 0 amide bonds. The Morgan fingerprint density at radius 3 is 2.57 bits per heavy atom. The number of aldehydes is 1. The number of hydrogen-bond donors (Lipinski definition) is 0. The number of carbonyl (C=O) groups excluding carboxylic acids is 1. The molecule has 0 aromatic rings. The zero-order valence-electron chi connectivity index (χ0n) is 3.80. The van der Waals surface area contributed by atoms with Gasteiger partial charge in [0.1, 0.15) is 6.29 Å². The molecular weight excluding hydrogens is 205 g/mol. The Morgan fingerprint density at radius 1 is 1.86 bits per heavy atom. The maximum absolute atomic E-state index is 9.95. The van der Waals surface area contributed by atoms with Gasteiger partial charge in [0.2, 0.25) is 0 Å². The van der Waals surface area contributed by atoms with E-state index in [1.807, 2.05) is 3.11 Å². The van der Waals surface area contributed by atoms with Crippen LogP contribution >= 0.6 is 22.9 Å². The van der Waals surface area contributed by atoms with Crippen LogP contribution in [-0.2, 0) is 4.79 Å². The highest BCUT2D eigenvalue weighted by Crippen LogP contribution is 2.18. The van der Waals surface area contributed by atoms with Gasteiger partial charge in [0.05, 0.1) is 6.04 Å². The van der Waals surface area contributed by atoms with Crippen LogP contribution in [0.25, 0.3) is 0 Å². The Kier molecular flexibility index (Phi) is 1.64. The van der Waals surface area contributed by atoms with Gasteiger partial charge in [0.25, 0.3) is 0 Å². The molecule has 1 unspecified atom stereocenters. The van der Waals surface area contributed by atoms with Gasteiger partial charge in [-0.25, -0.2) is 3.11 Å². The fraction of sp³-hybridized carbons (Fsp3) is 0.750. The molecule has 0 aliphatic carbocycles. The summed E-state index contributed by atoms with van der Waals surface area (Å²) < 4.78 is 2.00. The number of rotatable bonds is 1. The molecular formula is C4H6INO. The van der Waals surface area contributed by atoms with Crippen molar-refractivity contribution in [1.29, 1.82) is 0 Å². The molecule has 0 N–H and O–H groups in total. The van der Waals surface area contributed by atoms with Gasteiger partial charge in [-0.3, -0.25) is 0 Å². The average molecular weight is 211 g/mol. The number of nitrogens with zero attached hydrogens (tertiary/aromatic N) is 1. The molecule has 1 aliphatic rings. The molecule has 1 rings (SSSR count). The third-order valence-corrected chi connectivity index (χ3v) is 2.35. The molecule has 7 heavy (non-hydrogen) atoms. The second kappa shape index (κ2) is 2.09. The molecule has 40 valence electrons. The van der Waals surface area contributed by atoms with E-state index in [4.69, 9.17) is 0 Å². The van der Waals surface area contributed by atoms with Crippen molar-refractivity contribution in [3.05, 3.63) is 0 Å². The molecule has 1 fully saturated rings. The van der Waals surface area contributed by atoms with Crippen molar-refractivity contribution in [2.24, 2.45) is 0 Å². The summed E-state index contributed by atoms with van der Waals surface area (Å²) in [6.07, 6.45) is 2.04. The van der Waals surface area contributed by atoms with Crippen molar-refractivity contribution >= 4 is 29.2 Å². The zero-order valence-corrected chi connectivity index (χ0v) is 5.96. The first-order valence-corrected chi connectivity index (χ1v) is 3.19. The van der Waals surface area contributed by atoms with Crippen LogP contribution in [0.4, 0.5) is 0 Å². The van der Waals surface area contributed by atoms with Crippen LogP contribution in [0.1, 0.15) is 6.42 Å². The van der Waals surface area contributed by atoms with Crippen LogP contribution in [0.3, 0.4) is 0 Å². The molecule has 3 heteroatoms. The van der Waals surface area contributed by atoms with Crippen LogP contribution in [0.5, 0.6) is 0 Å². The lowest BCUT2D eigenvalue weighted by Crippen LogP contribution is -2.41. The zero-order chi connectivity index (χ0) is 5.28. The lowest BCUT2D eigenvalue weighted by molar-refractivity contribution is -0.112. The van der Waals surface area contributed by atoms with E-state index in [1.165, 1.54) is 0 Å². The largest absolute Gasteiger partial charge is 0.302 e. The fourth-order valence-electron chi connectivity index (χ4n) is 0.510. The Balaban J connectivity index is 2.28. The second-order valence-electron chi connectivity index (χ2n) is 1.62. The Hall–Kier alpha value is 0.360. The van der Waals surface area contributed by atoms with Crippen molar-refractivity contribution in [2.75, 3.05) is 6.54 Å². The summed E-state index contributed by atoms with van der Waals surface area (Å²) in [5.41, 5.74) is 0. The first-order valence-electron chi connectivity index (χ1n) is 2.22. The second-order valence-corrected chi connectivity index (χ2v) is 2.85. The summed E-state index contributed by atoms with van der Waals surface area (Å²) in [7, 11) is 0. The molecule has 0 bridgehead atoms. The van der Waals surface area contributed by atoms with E-state index in [1.54, 1.807) is 0 Å². The number of halogens is 1. The quantitative estimate of drug-likeness (QED) is 0.359. The molecule has 1 aliphatic heterocycles. The van der Waals surface area contributed by atoms with E-state index in [-0.39, 0.29) is 6.04 Å². The summed E-state index contributed by atoms with van der Waals surface area (Å²) >= 11 is 2.16. The molecule has 0 saturated carbocycles. The van der Waals surface area contributed by atoms with Crippen LogP contribution in [0.15, 0.2) is 0 Å². The van der Waals surface area contributed by atoms with Gasteiger partial charge < -0.3 is 4.79 Å². The van der Waals surface area contributed by atoms with Crippen molar-refractivity contribution in [1.82, 2.24) is 3.11 Å². The predicted octanol–water partition coefficient (Wildman–Crippen LogP) is 0.610. The van der Waals surface area contributed by atoms with E-state index >= 15 is 0 Å². The SMILES string of the molecule is O=CC1CCN1I. The summed E-state index contributed by atoms with van der Waals surface area (Å²) in [5, 5.41) is 0. The molecule has 0 spiro atoms. The maximum Gasteiger partial charge on any atom is 0.137 e. The van der Waals surface area contributed by atoms with Crippen LogP contribution in [-0.4, -0.2) is 22.0 Å². The van der Waals surface area contributed by atoms with Crippen molar-refractivity contribution < 1.29 is 4.79 Å². The van der Waals surface area contributed by atoms with Crippen LogP contribution in [0.2, 0.25) is 0 Å². The van der Waals surface area contributed by atoms with Crippen molar-refractivity contribution in [3.8, 4) is 0 Å². The van der Waals surface area contributed by atoms with Crippen LogP contribution < -0.4 is 0 Å². The lowest BCUT2D eigenvalue weighted by atomic mass is 10.1. The molecule has 1 saturated heterocycles. The third-order valence-electron chi connectivity index (χ3n) is 1.16. The van der Waals surface area contributed by atoms with Crippen molar-refractivity contribution in [3.63, 3.8) is 0 Å². The Labute approximate surface area is 56.4 Å². The molecule has 0 aromatic heterocycles. The summed E-state index contributed by atoms with van der Waals surface area (Å²) in [4.78, 5) is 9.95. The highest BCUT2D eigenvalue weighted by atomic mass is 127. The standard InChI is InChI=1S/C4H6INO/c5-6-2-1-4(6)3-7/h3-4H,1-2H2. The van der Waals surface area contributed by atoms with Gasteiger partial charge in [0, 0.05) is 29.4 Å². The Morgan fingerprint density at radius 2 is 2.57 bits per heavy atom. The van der Waals surface area contributed by atoms with E-state index in [9.17, 15) is 4.79 Å². The molecule has 1 atom stereocenters. The van der Waals surface area contributed by atoms with E-state index in [2.05, 4.69) is 22.9 Å². The van der Waals surface area contributed by atoms with Gasteiger partial charge in [0.15, 0.2) is 0 Å². The van der Waals surface area contributed by atoms with E-state index in [0.29, 0.717) is 0 Å². The van der Waals surface area contributed by atoms with Crippen molar-refractivity contribution in [2.45, 2.75) is 12.5 Å². The average Bonchev–Trinajstić information content (AvgIpc) is 1.65. The van der Waals surface area contributed by atoms with E-state index in [0.717, 1.165) is 19.3 Å². The Bertz CT molecular complexity index is 85.8. The highest BCUT2D eigenvalue weighted by Gasteiger charge is 2.24. The molecule has 0 radical (unpaired) electrons. The molecule has 0 aromatic carbocycles. The van der Waals surface area contributed by atoms with Gasteiger partial charge in [-0.05, 0) is 6.42 Å². The minimum absolute atomic E-state index is 0.223.